The van der Waals surface area contributed by atoms with Crippen LogP contribution in [0.25, 0.3) is 10.9 Å². The highest BCUT2D eigenvalue weighted by Gasteiger charge is 2.40. The van der Waals surface area contributed by atoms with Gasteiger partial charge in [-0.05, 0) is 22.8 Å². The SMILES string of the molecule is O=Cc1nn(C(c2ccccc2)(c2ccccc2)c2ccccc2)c2cnccc12. The largest absolute Gasteiger partial charge is 0.296 e. The van der Waals surface area contributed by atoms with Crippen molar-refractivity contribution in [1.29, 1.82) is 0 Å². The Bertz CT molecular complexity index is 1200. The Kier molecular flexibility index (Phi) is 4.45. The zero-order valence-electron chi connectivity index (χ0n) is 16.2. The highest BCUT2D eigenvalue weighted by atomic mass is 16.1. The number of hydrogen-bond acceptors (Lipinski definition) is 3. The molecule has 0 amide bonds. The van der Waals surface area contributed by atoms with Gasteiger partial charge in [0.25, 0.3) is 0 Å². The molecule has 144 valence electrons. The molecule has 4 nitrogen and oxygen atoms in total. The van der Waals surface area contributed by atoms with Gasteiger partial charge in [-0.15, -0.1) is 0 Å². The monoisotopic (exact) mass is 389 g/mol. The summed E-state index contributed by atoms with van der Waals surface area (Å²) in [6, 6.07) is 32.6. The van der Waals surface area contributed by atoms with Gasteiger partial charge in [0, 0.05) is 11.6 Å². The third-order valence-corrected chi connectivity index (χ3v) is 5.52. The lowest BCUT2D eigenvalue weighted by atomic mass is 9.77. The second-order valence-electron chi connectivity index (χ2n) is 7.12. The fourth-order valence-electron chi connectivity index (χ4n) is 4.23. The Labute approximate surface area is 174 Å². The molecule has 0 aliphatic heterocycles. The van der Waals surface area contributed by atoms with Crippen LogP contribution in [0.1, 0.15) is 27.2 Å². The lowest BCUT2D eigenvalue weighted by Gasteiger charge is -2.36. The van der Waals surface area contributed by atoms with Crippen molar-refractivity contribution in [2.24, 2.45) is 0 Å². The Balaban J connectivity index is 2.00. The molecule has 0 unspecified atom stereocenters. The van der Waals surface area contributed by atoms with Gasteiger partial charge in [0.15, 0.2) is 6.29 Å². The van der Waals surface area contributed by atoms with Crippen molar-refractivity contribution in [3.8, 4) is 0 Å². The molecule has 5 rings (SSSR count). The van der Waals surface area contributed by atoms with Crippen LogP contribution in [0.4, 0.5) is 0 Å². The van der Waals surface area contributed by atoms with Crippen LogP contribution in [-0.2, 0) is 5.54 Å². The van der Waals surface area contributed by atoms with Gasteiger partial charge >= 0.3 is 0 Å². The summed E-state index contributed by atoms with van der Waals surface area (Å²) in [4.78, 5) is 16.2. The second-order valence-corrected chi connectivity index (χ2v) is 7.12. The standard InChI is InChI=1S/C26H19N3O/c30-19-24-23-16-17-27-18-25(23)29(28-24)26(20-10-4-1-5-11-20,21-12-6-2-7-13-21)22-14-8-3-9-15-22/h1-19H. The summed E-state index contributed by atoms with van der Waals surface area (Å²) in [5, 5.41) is 5.60. The number of carbonyl (C=O) groups is 1. The summed E-state index contributed by atoms with van der Waals surface area (Å²) in [5.74, 6) is 0. The van der Waals surface area contributed by atoms with E-state index in [2.05, 4.69) is 41.4 Å². The van der Waals surface area contributed by atoms with Gasteiger partial charge in [-0.2, -0.15) is 5.10 Å². The molecule has 0 N–H and O–H groups in total. The zero-order chi connectivity index (χ0) is 20.4. The topological polar surface area (TPSA) is 47.8 Å². The van der Waals surface area contributed by atoms with Crippen LogP contribution >= 0.6 is 0 Å². The van der Waals surface area contributed by atoms with E-state index in [1.807, 2.05) is 65.3 Å². The average Bonchev–Trinajstić information content (AvgIpc) is 3.21. The smallest absolute Gasteiger partial charge is 0.170 e. The van der Waals surface area contributed by atoms with Gasteiger partial charge in [0.1, 0.15) is 11.2 Å². The first-order valence-electron chi connectivity index (χ1n) is 9.80. The number of benzene rings is 3. The molecule has 30 heavy (non-hydrogen) atoms. The molecule has 0 aliphatic rings. The minimum atomic E-state index is -0.772. The molecule has 4 heteroatoms. The first-order chi connectivity index (χ1) is 14.9. The van der Waals surface area contributed by atoms with Crippen LogP contribution in [0.15, 0.2) is 109 Å². The van der Waals surface area contributed by atoms with Crippen molar-refractivity contribution in [3.05, 3.63) is 132 Å². The molecule has 0 saturated carbocycles. The Morgan fingerprint density at radius 3 is 1.67 bits per heavy atom. The van der Waals surface area contributed by atoms with Crippen LogP contribution in [0, 0.1) is 0 Å². The number of fused-ring (bicyclic) bond motifs is 1. The highest BCUT2D eigenvalue weighted by molar-refractivity contribution is 5.95. The molecular formula is C26H19N3O. The second kappa shape index (κ2) is 7.41. The summed E-state index contributed by atoms with van der Waals surface area (Å²) in [6.07, 6.45) is 4.28. The van der Waals surface area contributed by atoms with E-state index in [1.165, 1.54) is 0 Å². The van der Waals surface area contributed by atoms with Crippen molar-refractivity contribution in [3.63, 3.8) is 0 Å². The quantitative estimate of drug-likeness (QED) is 0.311. The third-order valence-electron chi connectivity index (χ3n) is 5.52. The van der Waals surface area contributed by atoms with Crippen LogP contribution in [0.2, 0.25) is 0 Å². The van der Waals surface area contributed by atoms with E-state index in [9.17, 15) is 4.79 Å². The number of nitrogens with zero attached hydrogens (tertiary/aromatic N) is 3. The lowest BCUT2D eigenvalue weighted by Crippen LogP contribution is -2.38. The van der Waals surface area contributed by atoms with Crippen LogP contribution in [0.3, 0.4) is 0 Å². The van der Waals surface area contributed by atoms with Crippen molar-refractivity contribution < 1.29 is 4.79 Å². The average molecular weight is 389 g/mol. The summed E-state index contributed by atoms with van der Waals surface area (Å²) < 4.78 is 1.94. The first-order valence-corrected chi connectivity index (χ1v) is 9.80. The molecule has 0 aliphatic carbocycles. The minimum Gasteiger partial charge on any atom is -0.296 e. The fraction of sp³-hybridized carbons (Fsp3) is 0.0385. The number of hydrogen-bond donors (Lipinski definition) is 0. The summed E-state index contributed by atoms with van der Waals surface area (Å²) in [7, 11) is 0. The third kappa shape index (κ3) is 2.65. The van der Waals surface area contributed by atoms with Crippen molar-refractivity contribution in [2.75, 3.05) is 0 Å². The normalized spacial score (nSPS) is 11.5. The molecule has 0 fully saturated rings. The maximum absolute atomic E-state index is 11.9. The van der Waals surface area contributed by atoms with E-state index < -0.39 is 5.54 Å². The van der Waals surface area contributed by atoms with Crippen LogP contribution in [0.5, 0.6) is 0 Å². The van der Waals surface area contributed by atoms with E-state index in [0.29, 0.717) is 5.69 Å². The molecule has 2 aromatic heterocycles. The number of pyridine rings is 1. The Morgan fingerprint density at radius 2 is 1.20 bits per heavy atom. The van der Waals surface area contributed by atoms with Crippen LogP contribution in [-0.4, -0.2) is 21.1 Å². The lowest BCUT2D eigenvalue weighted by molar-refractivity contribution is 0.111. The zero-order valence-corrected chi connectivity index (χ0v) is 16.2. The number of aldehydes is 1. The maximum Gasteiger partial charge on any atom is 0.170 e. The predicted molar refractivity (Wildman–Crippen MR) is 118 cm³/mol. The van der Waals surface area contributed by atoms with Crippen molar-refractivity contribution in [1.82, 2.24) is 14.8 Å². The van der Waals surface area contributed by atoms with E-state index in [4.69, 9.17) is 5.10 Å². The number of rotatable bonds is 5. The van der Waals surface area contributed by atoms with Gasteiger partial charge in [0.2, 0.25) is 0 Å². The van der Waals surface area contributed by atoms with Gasteiger partial charge in [-0.25, -0.2) is 4.68 Å². The van der Waals surface area contributed by atoms with E-state index in [-0.39, 0.29) is 0 Å². The molecule has 0 saturated heterocycles. The van der Waals surface area contributed by atoms with Crippen LogP contribution < -0.4 is 0 Å². The van der Waals surface area contributed by atoms with E-state index >= 15 is 0 Å². The predicted octanol–water partition coefficient (Wildman–Crippen LogP) is 5.08. The Hall–Kier alpha value is -4.05. The van der Waals surface area contributed by atoms with Gasteiger partial charge in [-0.3, -0.25) is 9.78 Å². The minimum absolute atomic E-state index is 0.402. The Morgan fingerprint density at radius 1 is 0.700 bits per heavy atom. The van der Waals surface area contributed by atoms with E-state index in [1.54, 1.807) is 12.4 Å². The maximum atomic E-state index is 11.9. The first kappa shape index (κ1) is 18.0. The molecule has 0 bridgehead atoms. The molecule has 0 spiro atoms. The number of carbonyl (C=O) groups excluding carboxylic acids is 1. The van der Waals surface area contributed by atoms with Crippen molar-refractivity contribution in [2.45, 2.75) is 5.54 Å². The molecular weight excluding hydrogens is 370 g/mol. The fourth-order valence-corrected chi connectivity index (χ4v) is 4.23. The molecule has 3 aromatic carbocycles. The van der Waals surface area contributed by atoms with Gasteiger partial charge in [0.05, 0.1) is 11.7 Å². The number of aromatic nitrogens is 3. The molecule has 0 radical (unpaired) electrons. The van der Waals surface area contributed by atoms with E-state index in [0.717, 1.165) is 33.9 Å². The van der Waals surface area contributed by atoms with Crippen molar-refractivity contribution >= 4 is 17.2 Å². The van der Waals surface area contributed by atoms with Gasteiger partial charge in [-0.1, -0.05) is 91.0 Å². The molecule has 0 atom stereocenters. The van der Waals surface area contributed by atoms with Gasteiger partial charge < -0.3 is 0 Å². The summed E-state index contributed by atoms with van der Waals surface area (Å²) in [5.41, 5.74) is 3.58. The molecule has 2 heterocycles. The highest BCUT2D eigenvalue weighted by Crippen LogP contribution is 2.42. The molecule has 5 aromatic rings. The summed E-state index contributed by atoms with van der Waals surface area (Å²) >= 11 is 0. The summed E-state index contributed by atoms with van der Waals surface area (Å²) in [6.45, 7) is 0.